The van der Waals surface area contributed by atoms with Crippen molar-refractivity contribution in [3.63, 3.8) is 0 Å². The summed E-state index contributed by atoms with van der Waals surface area (Å²) in [5.41, 5.74) is -0.515. The first-order valence-electron chi connectivity index (χ1n) is 11.2. The Bertz CT molecular complexity index is 1190. The lowest BCUT2D eigenvalue weighted by atomic mass is 9.99. The molecule has 0 unspecified atom stereocenters. The molecule has 13 heteroatoms. The van der Waals surface area contributed by atoms with Gasteiger partial charge in [-0.1, -0.05) is 0 Å². The number of alkyl halides is 4. The quantitative estimate of drug-likeness (QED) is 0.508. The van der Waals surface area contributed by atoms with Crippen molar-refractivity contribution in [2.45, 2.75) is 50.6 Å². The Morgan fingerprint density at radius 2 is 1.80 bits per heavy atom. The van der Waals surface area contributed by atoms with Crippen molar-refractivity contribution in [2.75, 3.05) is 18.0 Å². The summed E-state index contributed by atoms with van der Waals surface area (Å²) in [7, 11) is 0. The van der Waals surface area contributed by atoms with Gasteiger partial charge >= 0.3 is 6.18 Å². The van der Waals surface area contributed by atoms with Crippen LogP contribution in [0, 0.1) is 6.92 Å². The summed E-state index contributed by atoms with van der Waals surface area (Å²) in [6.07, 6.45) is -1.74. The number of aryl methyl sites for hydroxylation is 1. The molecule has 1 amide bonds. The van der Waals surface area contributed by atoms with Gasteiger partial charge in [0.2, 0.25) is 0 Å². The van der Waals surface area contributed by atoms with Gasteiger partial charge in [0, 0.05) is 25.0 Å². The first-order valence-corrected chi connectivity index (χ1v) is 11.2. The van der Waals surface area contributed by atoms with Gasteiger partial charge in [-0.25, -0.2) is 14.4 Å². The number of carbonyl (C=O) groups excluding carboxylic acids is 1. The molecule has 1 aliphatic heterocycles. The Labute approximate surface area is 197 Å². The number of tetrazole rings is 1. The van der Waals surface area contributed by atoms with Crippen LogP contribution in [-0.2, 0) is 6.18 Å². The monoisotopic (exact) mass is 490 g/mol. The van der Waals surface area contributed by atoms with Crippen LogP contribution in [0.3, 0.4) is 0 Å². The lowest BCUT2D eigenvalue weighted by Gasteiger charge is -2.41. The molecule has 2 aliphatic rings. The number of pyridine rings is 2. The van der Waals surface area contributed by atoms with Gasteiger partial charge in [0.15, 0.2) is 11.6 Å². The number of piperidine rings is 1. The molecule has 2 fully saturated rings. The largest absolute Gasteiger partial charge is 0.417 e. The van der Waals surface area contributed by atoms with E-state index in [1.807, 2.05) is 0 Å². The van der Waals surface area contributed by atoms with Crippen molar-refractivity contribution >= 4 is 11.7 Å². The summed E-state index contributed by atoms with van der Waals surface area (Å²) >= 11 is 0. The van der Waals surface area contributed by atoms with Crippen LogP contribution < -0.4 is 4.90 Å². The van der Waals surface area contributed by atoms with E-state index in [-0.39, 0.29) is 24.3 Å². The van der Waals surface area contributed by atoms with E-state index in [0.29, 0.717) is 30.2 Å². The zero-order valence-corrected chi connectivity index (χ0v) is 18.7. The Kier molecular flexibility index (Phi) is 5.85. The van der Waals surface area contributed by atoms with Gasteiger partial charge in [0.05, 0.1) is 23.7 Å². The van der Waals surface area contributed by atoms with Gasteiger partial charge in [0.1, 0.15) is 12.0 Å². The number of rotatable bonds is 5. The number of hydrogen-bond donors (Lipinski definition) is 0. The molecule has 3 aromatic heterocycles. The lowest BCUT2D eigenvalue weighted by molar-refractivity contribution is -0.137. The fraction of sp³-hybridized carbons (Fsp3) is 0.455. The third kappa shape index (κ3) is 4.66. The van der Waals surface area contributed by atoms with E-state index in [2.05, 4.69) is 25.5 Å². The highest BCUT2D eigenvalue weighted by molar-refractivity contribution is 5.94. The number of halogens is 4. The molecule has 1 saturated carbocycles. The van der Waals surface area contributed by atoms with Gasteiger partial charge in [-0.15, -0.1) is 5.10 Å². The third-order valence-electron chi connectivity index (χ3n) is 6.28. The minimum absolute atomic E-state index is 0.0390. The molecule has 4 heterocycles. The molecule has 5 rings (SSSR count). The van der Waals surface area contributed by atoms with Gasteiger partial charge < -0.3 is 9.80 Å². The summed E-state index contributed by atoms with van der Waals surface area (Å²) in [5.74, 6) is 0.989. The maximum absolute atomic E-state index is 15.4. The maximum atomic E-state index is 15.4. The van der Waals surface area contributed by atoms with E-state index in [1.54, 1.807) is 28.9 Å². The number of carbonyl (C=O) groups is 1. The number of anilines is 1. The Balaban J connectivity index is 1.29. The number of nitrogens with zero attached hydrogens (tertiary/aromatic N) is 8. The Morgan fingerprint density at radius 3 is 2.34 bits per heavy atom. The number of aromatic nitrogens is 6. The highest BCUT2D eigenvalue weighted by Gasteiger charge is 2.43. The number of hydrogen-bond acceptors (Lipinski definition) is 7. The summed E-state index contributed by atoms with van der Waals surface area (Å²) in [6, 6.07) is 4.77. The molecular weight excluding hydrogens is 468 g/mol. The second-order valence-corrected chi connectivity index (χ2v) is 8.71. The van der Waals surface area contributed by atoms with Gasteiger partial charge in [-0.05, 0) is 60.9 Å². The van der Waals surface area contributed by atoms with E-state index in [9.17, 15) is 18.0 Å². The van der Waals surface area contributed by atoms with Crippen LogP contribution in [0.2, 0.25) is 0 Å². The van der Waals surface area contributed by atoms with E-state index in [0.717, 1.165) is 25.1 Å². The fourth-order valence-corrected chi connectivity index (χ4v) is 4.32. The molecule has 184 valence electrons. The van der Waals surface area contributed by atoms with E-state index < -0.39 is 24.0 Å². The van der Waals surface area contributed by atoms with Crippen LogP contribution in [0.5, 0.6) is 0 Å². The van der Waals surface area contributed by atoms with Crippen molar-refractivity contribution in [1.29, 1.82) is 0 Å². The Morgan fingerprint density at radius 1 is 1.06 bits per heavy atom. The van der Waals surface area contributed by atoms with E-state index >= 15 is 4.39 Å². The molecule has 0 radical (unpaired) electrons. The summed E-state index contributed by atoms with van der Waals surface area (Å²) in [5, 5.41) is 11.2. The molecular formula is C22H22F4N8O. The van der Waals surface area contributed by atoms with Gasteiger partial charge in [-0.2, -0.15) is 17.9 Å². The predicted octanol–water partition coefficient (Wildman–Crippen LogP) is 3.00. The average molecular weight is 490 g/mol. The topological polar surface area (TPSA) is 92.9 Å². The second kappa shape index (κ2) is 8.86. The van der Waals surface area contributed by atoms with Crippen molar-refractivity contribution in [3.05, 3.63) is 53.6 Å². The van der Waals surface area contributed by atoms with Crippen molar-refractivity contribution in [1.82, 2.24) is 35.1 Å². The van der Waals surface area contributed by atoms with Gasteiger partial charge in [-0.3, -0.25) is 4.79 Å². The molecule has 9 nitrogen and oxygen atoms in total. The van der Waals surface area contributed by atoms with Crippen molar-refractivity contribution in [3.8, 4) is 5.82 Å². The molecule has 1 saturated heterocycles. The first-order chi connectivity index (χ1) is 16.7. The minimum Gasteiger partial charge on any atom is -0.354 e. The smallest absolute Gasteiger partial charge is 0.354 e. The van der Waals surface area contributed by atoms with Gasteiger partial charge in [0.25, 0.3) is 5.91 Å². The fourth-order valence-electron chi connectivity index (χ4n) is 4.32. The van der Waals surface area contributed by atoms with Crippen molar-refractivity contribution < 1.29 is 22.4 Å². The standard InChI is InChI=1S/C22H22F4N8O/c1-13-29-30-31-34(13)20-6-2-14(10-27-20)21(35)33(16-4-5-16)18-8-9-32(12-17(18)23)19-7-3-15(11-28-19)22(24,25)26/h2-3,6-7,10-11,16-18H,4-5,8-9,12H2,1H3/t17-,18+/m1/s1. The average Bonchev–Trinajstić information content (AvgIpc) is 3.59. The van der Waals surface area contributed by atoms with Crippen LogP contribution in [0.15, 0.2) is 36.7 Å². The molecule has 0 aromatic carbocycles. The summed E-state index contributed by atoms with van der Waals surface area (Å²) in [4.78, 5) is 24.7. The van der Waals surface area contributed by atoms with E-state index in [4.69, 9.17) is 0 Å². The first kappa shape index (κ1) is 23.1. The molecule has 3 aromatic rings. The molecule has 2 atom stereocenters. The highest BCUT2D eigenvalue weighted by atomic mass is 19.4. The van der Waals surface area contributed by atoms with Crippen molar-refractivity contribution in [2.24, 2.45) is 0 Å². The predicted molar refractivity (Wildman–Crippen MR) is 116 cm³/mol. The zero-order valence-electron chi connectivity index (χ0n) is 18.7. The molecule has 35 heavy (non-hydrogen) atoms. The summed E-state index contributed by atoms with van der Waals surface area (Å²) < 4.78 is 55.2. The minimum atomic E-state index is -4.48. The molecule has 0 N–H and O–H groups in total. The number of amides is 1. The molecule has 0 bridgehead atoms. The normalized spacial score (nSPS) is 20.7. The van der Waals surface area contributed by atoms with E-state index in [1.165, 1.54) is 16.9 Å². The highest BCUT2D eigenvalue weighted by Crippen LogP contribution is 2.35. The van der Waals surface area contributed by atoms with Crippen LogP contribution in [-0.4, -0.2) is 72.3 Å². The lowest BCUT2D eigenvalue weighted by Crippen LogP contribution is -2.55. The van der Waals surface area contributed by atoms with Crippen LogP contribution in [0.4, 0.5) is 23.4 Å². The van der Waals surface area contributed by atoms with Crippen LogP contribution in [0.1, 0.15) is 41.0 Å². The summed E-state index contributed by atoms with van der Waals surface area (Å²) in [6.45, 7) is 2.04. The Hall–Kier alpha value is -3.64. The second-order valence-electron chi connectivity index (χ2n) is 8.71. The van der Waals surface area contributed by atoms with Crippen LogP contribution in [0.25, 0.3) is 5.82 Å². The zero-order chi connectivity index (χ0) is 24.7. The molecule has 1 aliphatic carbocycles. The SMILES string of the molecule is Cc1nnnn1-c1ccc(C(=O)N(C2CC2)[C@H]2CCN(c3ccc(C(F)(F)F)cn3)C[C@H]2F)cn1. The van der Waals surface area contributed by atoms with Crippen LogP contribution >= 0.6 is 0 Å². The maximum Gasteiger partial charge on any atom is 0.417 e. The molecule has 0 spiro atoms. The third-order valence-corrected chi connectivity index (χ3v) is 6.28.